The van der Waals surface area contributed by atoms with Gasteiger partial charge >= 0.3 is 5.97 Å². The van der Waals surface area contributed by atoms with Crippen molar-refractivity contribution in [2.24, 2.45) is 5.73 Å². The summed E-state index contributed by atoms with van der Waals surface area (Å²) in [4.78, 5) is 11.7. The van der Waals surface area contributed by atoms with Crippen molar-refractivity contribution in [3.63, 3.8) is 0 Å². The van der Waals surface area contributed by atoms with Crippen LogP contribution in [0.25, 0.3) is 20.2 Å². The van der Waals surface area contributed by atoms with E-state index in [1.54, 1.807) is 18.3 Å². The van der Waals surface area contributed by atoms with Crippen molar-refractivity contribution in [3.05, 3.63) is 46.5 Å². The predicted octanol–water partition coefficient (Wildman–Crippen LogP) is 4.82. The van der Waals surface area contributed by atoms with Crippen LogP contribution in [0.2, 0.25) is 5.02 Å². The summed E-state index contributed by atoms with van der Waals surface area (Å²) in [6.07, 6.45) is 0.0589. The van der Waals surface area contributed by atoms with Gasteiger partial charge in [-0.05, 0) is 49.7 Å². The number of ether oxygens (including phenoxy) is 1. The van der Waals surface area contributed by atoms with Gasteiger partial charge in [-0.2, -0.15) is 0 Å². The normalized spacial score (nSPS) is 13.3. The highest BCUT2D eigenvalue weighted by molar-refractivity contribution is 7.25. The first-order chi connectivity index (χ1) is 11.9. The first-order valence-electron chi connectivity index (χ1n) is 7.80. The van der Waals surface area contributed by atoms with Crippen LogP contribution in [0.1, 0.15) is 31.4 Å². The molecular weight excluding hydrogens is 354 g/mol. The molecule has 0 radical (unpaired) electrons. The number of nitrogens with two attached hydrogens (primary N) is 1. The van der Waals surface area contributed by atoms with E-state index in [1.807, 2.05) is 25.1 Å². The zero-order valence-corrected chi connectivity index (χ0v) is 15.8. The molecule has 2 N–H and O–H groups in total. The molecule has 0 unspecified atom stereocenters. The summed E-state index contributed by atoms with van der Waals surface area (Å²) < 4.78 is 7.00. The smallest absolute Gasteiger partial charge is 0.307 e. The quantitative estimate of drug-likeness (QED) is 0.530. The Morgan fingerprint density at radius 1 is 1.28 bits per heavy atom. The van der Waals surface area contributed by atoms with E-state index in [1.165, 1.54) is 7.11 Å². The number of hydrogen-bond acceptors (Lipinski definition) is 4. The Morgan fingerprint density at radius 2 is 2.00 bits per heavy atom. The van der Waals surface area contributed by atoms with Gasteiger partial charge in [0.25, 0.3) is 0 Å². The second-order valence-electron chi connectivity index (χ2n) is 6.19. The second-order valence-corrected chi connectivity index (χ2v) is 7.68. The average molecular weight is 372 g/mol. The Morgan fingerprint density at radius 3 is 2.68 bits per heavy atom. The Balaban J connectivity index is 2.21. The molecule has 0 saturated carbocycles. The summed E-state index contributed by atoms with van der Waals surface area (Å²) in [5.74, 6) is 5.65. The van der Waals surface area contributed by atoms with Gasteiger partial charge in [0.05, 0.1) is 19.1 Å². The van der Waals surface area contributed by atoms with Crippen LogP contribution in [-0.4, -0.2) is 13.1 Å². The fourth-order valence-corrected chi connectivity index (χ4v) is 4.48. The Labute approximate surface area is 155 Å². The zero-order valence-electron chi connectivity index (χ0n) is 14.3. The fourth-order valence-electron chi connectivity index (χ4n) is 2.92. The SMILES string of the molecule is CC#Cc1ccc2sc3cc(Cl)c([C@@](C)(N)CC(=O)OC)cc3c2c1. The lowest BCUT2D eigenvalue weighted by Gasteiger charge is -2.25. The van der Waals surface area contributed by atoms with E-state index in [2.05, 4.69) is 24.0 Å². The Kier molecular flexibility index (Phi) is 4.75. The summed E-state index contributed by atoms with van der Waals surface area (Å²) in [6.45, 7) is 3.61. The maximum absolute atomic E-state index is 11.7. The summed E-state index contributed by atoms with van der Waals surface area (Å²) in [6, 6.07) is 10.1. The highest BCUT2D eigenvalue weighted by atomic mass is 35.5. The van der Waals surface area contributed by atoms with Crippen LogP contribution in [-0.2, 0) is 15.1 Å². The molecule has 1 aromatic heterocycles. The largest absolute Gasteiger partial charge is 0.469 e. The van der Waals surface area contributed by atoms with Crippen LogP contribution in [0.5, 0.6) is 0 Å². The molecule has 0 aliphatic rings. The van der Waals surface area contributed by atoms with Crippen molar-refractivity contribution >= 4 is 49.1 Å². The summed E-state index contributed by atoms with van der Waals surface area (Å²) in [5.41, 5.74) is 7.19. The minimum atomic E-state index is -0.909. The van der Waals surface area contributed by atoms with E-state index in [-0.39, 0.29) is 12.4 Å². The van der Waals surface area contributed by atoms with Gasteiger partial charge < -0.3 is 10.5 Å². The molecule has 2 aromatic carbocycles. The van der Waals surface area contributed by atoms with Crippen LogP contribution < -0.4 is 5.73 Å². The third-order valence-corrected chi connectivity index (χ3v) is 5.63. The van der Waals surface area contributed by atoms with Crippen LogP contribution in [0.4, 0.5) is 0 Å². The molecule has 0 aliphatic heterocycles. The molecular formula is C20H18ClNO2S. The van der Waals surface area contributed by atoms with Gasteiger partial charge in [0.2, 0.25) is 0 Å². The van der Waals surface area contributed by atoms with Gasteiger partial charge in [-0.15, -0.1) is 17.3 Å². The molecule has 3 aromatic rings. The van der Waals surface area contributed by atoms with E-state index in [4.69, 9.17) is 22.1 Å². The molecule has 0 aliphatic carbocycles. The van der Waals surface area contributed by atoms with Gasteiger partial charge in [0.15, 0.2) is 0 Å². The fraction of sp³-hybridized carbons (Fsp3) is 0.250. The highest BCUT2D eigenvalue weighted by Crippen LogP contribution is 2.40. The molecule has 5 heteroatoms. The highest BCUT2D eigenvalue weighted by Gasteiger charge is 2.28. The monoisotopic (exact) mass is 371 g/mol. The van der Waals surface area contributed by atoms with Crippen molar-refractivity contribution in [2.75, 3.05) is 7.11 Å². The number of carbonyl (C=O) groups is 1. The van der Waals surface area contributed by atoms with Gasteiger partial charge in [-0.3, -0.25) is 4.79 Å². The number of carbonyl (C=O) groups excluding carboxylic acids is 1. The molecule has 25 heavy (non-hydrogen) atoms. The summed E-state index contributed by atoms with van der Waals surface area (Å²) in [5, 5.41) is 2.74. The molecule has 3 nitrogen and oxygen atoms in total. The van der Waals surface area contributed by atoms with Crippen LogP contribution in [0.15, 0.2) is 30.3 Å². The number of benzene rings is 2. The van der Waals surface area contributed by atoms with Crippen molar-refractivity contribution in [1.82, 2.24) is 0 Å². The number of fused-ring (bicyclic) bond motifs is 3. The van der Waals surface area contributed by atoms with Crippen molar-refractivity contribution < 1.29 is 9.53 Å². The second kappa shape index (κ2) is 6.68. The third kappa shape index (κ3) is 3.36. The maximum atomic E-state index is 11.7. The maximum Gasteiger partial charge on any atom is 0.307 e. The first-order valence-corrected chi connectivity index (χ1v) is 9.00. The molecule has 3 rings (SSSR count). The molecule has 0 fully saturated rings. The Bertz CT molecular complexity index is 1040. The third-order valence-electron chi connectivity index (χ3n) is 4.18. The zero-order chi connectivity index (χ0) is 18.2. The molecule has 0 bridgehead atoms. The van der Waals surface area contributed by atoms with Crippen molar-refractivity contribution in [1.29, 1.82) is 0 Å². The topological polar surface area (TPSA) is 52.3 Å². The van der Waals surface area contributed by atoms with E-state index in [9.17, 15) is 4.79 Å². The molecule has 0 amide bonds. The van der Waals surface area contributed by atoms with Crippen LogP contribution >= 0.6 is 22.9 Å². The minimum Gasteiger partial charge on any atom is -0.469 e. The number of rotatable bonds is 3. The van der Waals surface area contributed by atoms with Gasteiger partial charge in [-0.1, -0.05) is 17.5 Å². The molecule has 1 heterocycles. The lowest BCUT2D eigenvalue weighted by atomic mass is 9.88. The van der Waals surface area contributed by atoms with Gasteiger partial charge in [0.1, 0.15) is 0 Å². The van der Waals surface area contributed by atoms with E-state index in [0.717, 1.165) is 31.3 Å². The van der Waals surface area contributed by atoms with E-state index >= 15 is 0 Å². The lowest BCUT2D eigenvalue weighted by molar-refractivity contribution is -0.141. The number of thiophene rings is 1. The lowest BCUT2D eigenvalue weighted by Crippen LogP contribution is -2.36. The van der Waals surface area contributed by atoms with Gasteiger partial charge in [0, 0.05) is 30.8 Å². The summed E-state index contributed by atoms with van der Waals surface area (Å²) in [7, 11) is 1.35. The number of halogens is 1. The number of esters is 1. The minimum absolute atomic E-state index is 0.0589. The molecule has 128 valence electrons. The summed E-state index contributed by atoms with van der Waals surface area (Å²) >= 11 is 8.15. The number of methoxy groups -OCH3 is 1. The molecule has 0 spiro atoms. The van der Waals surface area contributed by atoms with Crippen molar-refractivity contribution in [3.8, 4) is 11.8 Å². The Hall–Kier alpha value is -2.06. The molecule has 1 atom stereocenters. The first kappa shape index (κ1) is 17.8. The van der Waals surface area contributed by atoms with E-state index in [0.29, 0.717) is 5.02 Å². The standard InChI is InChI=1S/C20H18ClNO2S/c1-4-5-12-6-7-17-13(8-12)14-9-15(16(21)10-18(14)25-17)20(2,22)11-19(23)24-3/h6-10H,11,22H2,1-3H3/t20-/m0/s1. The number of hydrogen-bond donors (Lipinski definition) is 1. The average Bonchev–Trinajstić information content (AvgIpc) is 2.90. The van der Waals surface area contributed by atoms with E-state index < -0.39 is 5.54 Å². The van der Waals surface area contributed by atoms with Crippen molar-refractivity contribution in [2.45, 2.75) is 25.8 Å². The molecule has 0 saturated heterocycles. The predicted molar refractivity (Wildman–Crippen MR) is 105 cm³/mol. The van der Waals surface area contributed by atoms with Crippen LogP contribution in [0.3, 0.4) is 0 Å². The van der Waals surface area contributed by atoms with Crippen LogP contribution in [0, 0.1) is 11.8 Å². The van der Waals surface area contributed by atoms with Gasteiger partial charge in [-0.25, -0.2) is 0 Å².